The first kappa shape index (κ1) is 19.0. The van der Waals surface area contributed by atoms with E-state index in [0.717, 1.165) is 45.2 Å². The Balaban J connectivity index is 1.43. The third-order valence-electron chi connectivity index (χ3n) is 4.82. The summed E-state index contributed by atoms with van der Waals surface area (Å²) in [6.45, 7) is 0.488. The van der Waals surface area contributed by atoms with Gasteiger partial charge in [0.1, 0.15) is 0 Å². The highest BCUT2D eigenvalue weighted by Gasteiger charge is 2.26. The number of para-hydroxylation sites is 1. The number of amides is 2. The van der Waals surface area contributed by atoms with Crippen LogP contribution < -0.4 is 0 Å². The van der Waals surface area contributed by atoms with Crippen LogP contribution in [0.5, 0.6) is 0 Å². The van der Waals surface area contributed by atoms with Gasteiger partial charge in [-0.15, -0.1) is 21.5 Å². The van der Waals surface area contributed by atoms with E-state index in [0.29, 0.717) is 24.1 Å². The van der Waals surface area contributed by atoms with Crippen molar-refractivity contribution in [1.29, 1.82) is 0 Å². The Kier molecular flexibility index (Phi) is 5.06. The molecular formula is C21H16N4O3S2. The van der Waals surface area contributed by atoms with Gasteiger partial charge in [0.15, 0.2) is 0 Å². The van der Waals surface area contributed by atoms with Gasteiger partial charge in [-0.25, -0.2) is 4.98 Å². The van der Waals surface area contributed by atoms with Crippen LogP contribution >= 0.6 is 23.1 Å². The first-order chi connectivity index (χ1) is 14.7. The predicted molar refractivity (Wildman–Crippen MR) is 115 cm³/mol. The van der Waals surface area contributed by atoms with Crippen molar-refractivity contribution in [2.75, 3.05) is 12.3 Å². The van der Waals surface area contributed by atoms with Crippen molar-refractivity contribution in [2.45, 2.75) is 18.1 Å². The highest BCUT2D eigenvalue weighted by atomic mass is 32.2. The average Bonchev–Trinajstić information content (AvgIpc) is 3.53. The third-order valence-corrected chi connectivity index (χ3v) is 6.52. The van der Waals surface area contributed by atoms with Crippen LogP contribution in [0.1, 0.15) is 12.8 Å². The zero-order chi connectivity index (χ0) is 20.5. The van der Waals surface area contributed by atoms with Crippen LogP contribution in [0.4, 0.5) is 0 Å². The Bertz CT molecular complexity index is 1240. The number of imide groups is 1. The van der Waals surface area contributed by atoms with Crippen LogP contribution in [0.25, 0.3) is 32.9 Å². The number of carbonyl (C=O) groups excluding carboxylic acids is 2. The molecule has 0 aliphatic carbocycles. The number of nitrogens with zero attached hydrogens (tertiary/aromatic N) is 4. The number of carbonyl (C=O) groups is 2. The standard InChI is InChI=1S/C21H16N4O3S2/c26-18-8-3-9-25(18)19(27)12-30-21-24-23-20(28-21)14-11-16(17-7-4-10-29-17)22-15-6-2-1-5-13(14)15/h1-2,4-7,10-11H,3,8-9,12H2. The Morgan fingerprint density at radius 3 is 2.90 bits per heavy atom. The first-order valence-electron chi connectivity index (χ1n) is 9.42. The Hall–Kier alpha value is -3.04. The van der Waals surface area contributed by atoms with Gasteiger partial charge in [-0.2, -0.15) is 0 Å². The van der Waals surface area contributed by atoms with E-state index in [9.17, 15) is 9.59 Å². The topological polar surface area (TPSA) is 89.2 Å². The zero-order valence-corrected chi connectivity index (χ0v) is 17.4. The monoisotopic (exact) mass is 436 g/mol. The maximum absolute atomic E-state index is 12.2. The summed E-state index contributed by atoms with van der Waals surface area (Å²) in [6.07, 6.45) is 1.16. The average molecular weight is 437 g/mol. The van der Waals surface area contributed by atoms with E-state index in [2.05, 4.69) is 10.2 Å². The second-order valence-corrected chi connectivity index (χ2v) is 8.63. The van der Waals surface area contributed by atoms with Crippen molar-refractivity contribution in [3.05, 3.63) is 47.8 Å². The maximum Gasteiger partial charge on any atom is 0.277 e. The number of fused-ring (bicyclic) bond motifs is 1. The fourth-order valence-electron chi connectivity index (χ4n) is 3.39. The molecule has 4 aromatic rings. The van der Waals surface area contributed by atoms with Crippen LogP contribution in [-0.2, 0) is 9.59 Å². The summed E-state index contributed by atoms with van der Waals surface area (Å²) >= 11 is 2.76. The molecule has 9 heteroatoms. The molecule has 0 spiro atoms. The molecule has 0 N–H and O–H groups in total. The highest BCUT2D eigenvalue weighted by molar-refractivity contribution is 7.99. The number of likely N-dealkylation sites (tertiary alicyclic amines) is 1. The SMILES string of the molecule is O=C1CCCN1C(=O)CSc1nnc(-c2cc(-c3cccs3)nc3ccccc23)o1. The number of pyridine rings is 1. The fourth-order valence-corrected chi connectivity index (χ4v) is 4.72. The molecule has 4 heterocycles. The van der Waals surface area contributed by atoms with Gasteiger partial charge in [0.2, 0.25) is 17.7 Å². The van der Waals surface area contributed by atoms with Crippen molar-refractivity contribution in [1.82, 2.24) is 20.1 Å². The molecule has 30 heavy (non-hydrogen) atoms. The van der Waals surface area contributed by atoms with Crippen molar-refractivity contribution in [3.8, 4) is 22.0 Å². The normalized spacial score (nSPS) is 14.0. The maximum atomic E-state index is 12.2. The smallest absolute Gasteiger partial charge is 0.277 e. The summed E-state index contributed by atoms with van der Waals surface area (Å²) in [6, 6.07) is 13.8. The van der Waals surface area contributed by atoms with Crippen LogP contribution in [0.3, 0.4) is 0 Å². The molecule has 1 aliphatic heterocycles. The largest absolute Gasteiger partial charge is 0.411 e. The van der Waals surface area contributed by atoms with Gasteiger partial charge in [-0.1, -0.05) is 36.0 Å². The van der Waals surface area contributed by atoms with E-state index >= 15 is 0 Å². The Morgan fingerprint density at radius 1 is 1.20 bits per heavy atom. The molecule has 0 radical (unpaired) electrons. The number of hydrogen-bond donors (Lipinski definition) is 0. The lowest BCUT2D eigenvalue weighted by atomic mass is 10.1. The Labute approximate surface area is 180 Å². The van der Waals surface area contributed by atoms with E-state index < -0.39 is 0 Å². The number of aromatic nitrogens is 3. The highest BCUT2D eigenvalue weighted by Crippen LogP contribution is 2.34. The molecule has 1 aromatic carbocycles. The van der Waals surface area contributed by atoms with Gasteiger partial charge in [0.25, 0.3) is 5.22 Å². The van der Waals surface area contributed by atoms with Gasteiger partial charge in [0.05, 0.1) is 27.4 Å². The summed E-state index contributed by atoms with van der Waals surface area (Å²) in [4.78, 5) is 31.1. The first-order valence-corrected chi connectivity index (χ1v) is 11.3. The molecule has 1 aliphatic rings. The van der Waals surface area contributed by atoms with Crippen molar-refractivity contribution >= 4 is 45.8 Å². The van der Waals surface area contributed by atoms with E-state index in [1.165, 1.54) is 4.90 Å². The van der Waals surface area contributed by atoms with E-state index in [1.807, 2.05) is 47.8 Å². The molecule has 2 amide bonds. The zero-order valence-electron chi connectivity index (χ0n) is 15.8. The fraction of sp³-hybridized carbons (Fsp3) is 0.190. The van der Waals surface area contributed by atoms with Gasteiger partial charge in [-0.3, -0.25) is 14.5 Å². The van der Waals surface area contributed by atoms with Crippen molar-refractivity contribution < 1.29 is 14.0 Å². The number of thioether (sulfide) groups is 1. The summed E-state index contributed by atoms with van der Waals surface area (Å²) < 4.78 is 5.85. The number of rotatable bonds is 5. The minimum Gasteiger partial charge on any atom is -0.411 e. The molecule has 7 nitrogen and oxygen atoms in total. The predicted octanol–water partition coefficient (Wildman–Crippen LogP) is 4.25. The molecular weight excluding hydrogens is 420 g/mol. The lowest BCUT2D eigenvalue weighted by Gasteiger charge is -2.11. The summed E-state index contributed by atoms with van der Waals surface area (Å²) in [7, 11) is 0. The quantitative estimate of drug-likeness (QED) is 0.432. The van der Waals surface area contributed by atoms with Crippen molar-refractivity contribution in [3.63, 3.8) is 0 Å². The number of thiophene rings is 1. The van der Waals surface area contributed by atoms with Crippen molar-refractivity contribution in [2.24, 2.45) is 0 Å². The second kappa shape index (κ2) is 8.00. The van der Waals surface area contributed by atoms with E-state index in [4.69, 9.17) is 9.40 Å². The molecule has 5 rings (SSSR count). The molecule has 0 atom stereocenters. The lowest BCUT2D eigenvalue weighted by molar-refractivity contribution is -0.140. The van der Waals surface area contributed by atoms with Gasteiger partial charge < -0.3 is 4.42 Å². The Morgan fingerprint density at radius 2 is 2.10 bits per heavy atom. The van der Waals surface area contributed by atoms with E-state index in [-0.39, 0.29) is 17.6 Å². The molecule has 0 bridgehead atoms. The lowest BCUT2D eigenvalue weighted by Crippen LogP contribution is -2.33. The second-order valence-electron chi connectivity index (χ2n) is 6.75. The van der Waals surface area contributed by atoms with Gasteiger partial charge >= 0.3 is 0 Å². The number of benzene rings is 1. The summed E-state index contributed by atoms with van der Waals surface area (Å²) in [5, 5.41) is 11.5. The summed E-state index contributed by atoms with van der Waals surface area (Å²) in [5.74, 6) is 0.122. The van der Waals surface area contributed by atoms with Crippen LogP contribution in [0, 0.1) is 0 Å². The number of hydrogen-bond acceptors (Lipinski definition) is 8. The van der Waals surface area contributed by atoms with Crippen LogP contribution in [0.15, 0.2) is 57.5 Å². The molecule has 1 saturated heterocycles. The minimum atomic E-state index is -0.225. The minimum absolute atomic E-state index is 0.0882. The molecule has 150 valence electrons. The molecule has 1 fully saturated rings. The molecule has 0 saturated carbocycles. The van der Waals surface area contributed by atoms with Gasteiger partial charge in [0, 0.05) is 18.4 Å². The molecule has 3 aromatic heterocycles. The molecule has 0 unspecified atom stereocenters. The summed E-state index contributed by atoms with van der Waals surface area (Å²) in [5.41, 5.74) is 2.48. The van der Waals surface area contributed by atoms with Crippen LogP contribution in [0.2, 0.25) is 0 Å². The third kappa shape index (κ3) is 3.61. The van der Waals surface area contributed by atoms with E-state index in [1.54, 1.807) is 11.3 Å². The van der Waals surface area contributed by atoms with Gasteiger partial charge in [-0.05, 0) is 30.0 Å². The van der Waals surface area contributed by atoms with Crippen LogP contribution in [-0.4, -0.2) is 44.2 Å².